The van der Waals surface area contributed by atoms with E-state index in [4.69, 9.17) is 11.6 Å². The first-order valence-electron chi connectivity index (χ1n) is 9.38. The number of amides is 1. The average Bonchev–Trinajstić information content (AvgIpc) is 2.62. The van der Waals surface area contributed by atoms with Gasteiger partial charge in [-0.3, -0.25) is 4.79 Å². The molecule has 0 unspecified atom stereocenters. The van der Waals surface area contributed by atoms with Crippen LogP contribution in [0.25, 0.3) is 0 Å². The van der Waals surface area contributed by atoms with E-state index in [1.165, 1.54) is 11.1 Å². The molecule has 1 aromatic heterocycles. The number of hydrogen-bond donors (Lipinski definition) is 1. The van der Waals surface area contributed by atoms with Crippen molar-refractivity contribution < 1.29 is 19.6 Å². The van der Waals surface area contributed by atoms with E-state index in [9.17, 15) is 14.7 Å². The Kier molecular flexibility index (Phi) is 7.85. The smallest absolute Gasteiger partial charge is 0.254 e. The number of carbonyl (C=O) groups is 2. The summed E-state index contributed by atoms with van der Waals surface area (Å²) in [7, 11) is 0. The fourth-order valence-electron chi connectivity index (χ4n) is 3.79. The van der Waals surface area contributed by atoms with Crippen LogP contribution in [0.15, 0.2) is 18.3 Å². The fraction of sp³-hybridized carbons (Fsp3) is 0.632. The summed E-state index contributed by atoms with van der Waals surface area (Å²) >= 11 is 5.90. The Morgan fingerprint density at radius 2 is 2.08 bits per heavy atom. The van der Waals surface area contributed by atoms with Crippen LogP contribution in [0.2, 0.25) is 5.15 Å². The Morgan fingerprint density at radius 3 is 2.69 bits per heavy atom. The lowest BCUT2D eigenvalue weighted by Gasteiger charge is -2.39. The van der Waals surface area contributed by atoms with Gasteiger partial charge in [0.25, 0.3) is 5.91 Å². The molecular formula is C19H28ClN3O3. The van der Waals surface area contributed by atoms with Gasteiger partial charge in [-0.15, -0.1) is 0 Å². The van der Waals surface area contributed by atoms with Crippen molar-refractivity contribution in [2.45, 2.75) is 33.1 Å². The largest absolute Gasteiger partial charge is 0.550 e. The number of nitrogens with zero attached hydrogens (tertiary/aromatic N) is 2. The highest BCUT2D eigenvalue weighted by molar-refractivity contribution is 6.29. The molecule has 1 aromatic rings. The molecule has 1 N–H and O–H groups in total. The van der Waals surface area contributed by atoms with E-state index in [1.807, 2.05) is 4.90 Å². The summed E-state index contributed by atoms with van der Waals surface area (Å²) in [5, 5.41) is 11.4. The van der Waals surface area contributed by atoms with Gasteiger partial charge >= 0.3 is 0 Å². The predicted molar refractivity (Wildman–Crippen MR) is 97.9 cm³/mol. The molecule has 0 radical (unpaired) electrons. The molecule has 1 amide bonds. The van der Waals surface area contributed by atoms with Gasteiger partial charge in [0.15, 0.2) is 0 Å². The van der Waals surface area contributed by atoms with Crippen molar-refractivity contribution in [1.82, 2.24) is 9.88 Å². The molecule has 0 spiro atoms. The number of piperidine rings is 1. The molecule has 1 aliphatic rings. The number of hydrogen-bond acceptors (Lipinski definition) is 4. The molecule has 2 atom stereocenters. The van der Waals surface area contributed by atoms with Crippen LogP contribution in [-0.2, 0) is 4.79 Å². The van der Waals surface area contributed by atoms with Crippen molar-refractivity contribution >= 4 is 23.5 Å². The minimum absolute atomic E-state index is 0.0682. The highest BCUT2D eigenvalue weighted by Crippen LogP contribution is 2.29. The summed E-state index contributed by atoms with van der Waals surface area (Å²) in [6.45, 7) is 8.54. The molecule has 1 fully saturated rings. The van der Waals surface area contributed by atoms with Crippen molar-refractivity contribution in [2.75, 3.05) is 32.7 Å². The summed E-state index contributed by atoms with van der Waals surface area (Å²) in [5.41, 5.74) is 0.525. The molecule has 0 bridgehead atoms. The highest BCUT2D eigenvalue weighted by atomic mass is 35.5. The van der Waals surface area contributed by atoms with Gasteiger partial charge in [-0.25, -0.2) is 4.98 Å². The SMILES string of the molecule is CC[NH+](CC)CC[C@H]1CN(C(=O)c2ccnc(Cl)c2)CC[C@H]1CC(=O)[O-]. The van der Waals surface area contributed by atoms with Crippen LogP contribution < -0.4 is 10.0 Å². The third kappa shape index (κ3) is 5.68. The monoisotopic (exact) mass is 381 g/mol. The van der Waals surface area contributed by atoms with E-state index in [0.29, 0.717) is 30.2 Å². The average molecular weight is 382 g/mol. The van der Waals surface area contributed by atoms with Gasteiger partial charge in [0, 0.05) is 37.2 Å². The fourth-order valence-corrected chi connectivity index (χ4v) is 3.96. The number of pyridine rings is 1. The standard InChI is InChI=1S/C19H28ClN3O3/c1-3-22(4-2)9-6-16-13-23(10-7-14(16)12-18(24)25)19(26)15-5-8-21-17(20)11-15/h5,8,11,14,16H,3-4,6-7,9-10,12-13H2,1-2H3,(H,24,25)/t14-,16-/m0/s1. The molecule has 2 rings (SSSR count). The molecule has 0 saturated carbocycles. The minimum Gasteiger partial charge on any atom is -0.550 e. The van der Waals surface area contributed by atoms with E-state index >= 15 is 0 Å². The van der Waals surface area contributed by atoms with Gasteiger partial charge in [-0.1, -0.05) is 11.6 Å². The lowest BCUT2D eigenvalue weighted by Crippen LogP contribution is -3.11. The second kappa shape index (κ2) is 9.88. The highest BCUT2D eigenvalue weighted by Gasteiger charge is 2.32. The van der Waals surface area contributed by atoms with Gasteiger partial charge in [0.05, 0.1) is 19.6 Å². The third-order valence-electron chi connectivity index (χ3n) is 5.45. The minimum atomic E-state index is -1.00. The van der Waals surface area contributed by atoms with Crippen molar-refractivity contribution in [3.8, 4) is 0 Å². The summed E-state index contributed by atoms with van der Waals surface area (Å²) in [4.78, 5) is 31.1. The summed E-state index contributed by atoms with van der Waals surface area (Å²) in [5.74, 6) is -0.826. The Balaban J connectivity index is 2.07. The zero-order valence-corrected chi connectivity index (χ0v) is 16.3. The molecule has 144 valence electrons. The normalized spacial score (nSPS) is 20.4. The van der Waals surface area contributed by atoms with E-state index < -0.39 is 5.97 Å². The van der Waals surface area contributed by atoms with Crippen molar-refractivity contribution in [1.29, 1.82) is 0 Å². The second-order valence-electron chi connectivity index (χ2n) is 7.00. The maximum atomic E-state index is 12.8. The number of aromatic nitrogens is 1. The van der Waals surface area contributed by atoms with Gasteiger partial charge in [0.1, 0.15) is 5.15 Å². The first-order chi connectivity index (χ1) is 12.4. The van der Waals surface area contributed by atoms with E-state index in [0.717, 1.165) is 26.1 Å². The molecule has 0 aromatic carbocycles. The summed E-state index contributed by atoms with van der Waals surface area (Å²) in [6, 6.07) is 3.24. The predicted octanol–water partition coefficient (Wildman–Crippen LogP) is 0.268. The topological polar surface area (TPSA) is 77.8 Å². The van der Waals surface area contributed by atoms with E-state index in [1.54, 1.807) is 12.1 Å². The zero-order chi connectivity index (χ0) is 19.1. The number of likely N-dealkylation sites (tertiary alicyclic amines) is 1. The number of aliphatic carboxylic acids is 1. The first kappa shape index (κ1) is 20.6. The Morgan fingerprint density at radius 1 is 1.35 bits per heavy atom. The van der Waals surface area contributed by atoms with Crippen LogP contribution in [0.5, 0.6) is 0 Å². The number of halogens is 1. The molecule has 1 saturated heterocycles. The van der Waals surface area contributed by atoms with Crippen LogP contribution >= 0.6 is 11.6 Å². The number of carbonyl (C=O) groups excluding carboxylic acids is 2. The molecule has 0 aliphatic carbocycles. The number of rotatable bonds is 8. The van der Waals surface area contributed by atoms with Crippen LogP contribution in [-0.4, -0.2) is 54.5 Å². The van der Waals surface area contributed by atoms with Gasteiger partial charge in [-0.05, 0) is 50.7 Å². The molecule has 1 aliphatic heterocycles. The molecule has 26 heavy (non-hydrogen) atoms. The quantitative estimate of drug-likeness (QED) is 0.655. The first-order valence-corrected chi connectivity index (χ1v) is 9.76. The number of carboxylic acids is 1. The Labute approximate surface area is 160 Å². The molecule has 2 heterocycles. The van der Waals surface area contributed by atoms with Gasteiger partial charge < -0.3 is 19.7 Å². The van der Waals surface area contributed by atoms with Crippen LogP contribution in [0, 0.1) is 11.8 Å². The molecular weight excluding hydrogens is 354 g/mol. The second-order valence-corrected chi connectivity index (χ2v) is 7.39. The number of carboxylic acid groups (broad SMARTS) is 1. The van der Waals surface area contributed by atoms with Crippen molar-refractivity contribution in [2.24, 2.45) is 11.8 Å². The maximum Gasteiger partial charge on any atom is 0.254 e. The zero-order valence-electron chi connectivity index (χ0n) is 15.5. The molecule has 6 nitrogen and oxygen atoms in total. The molecule has 7 heteroatoms. The van der Waals surface area contributed by atoms with E-state index in [-0.39, 0.29) is 24.2 Å². The van der Waals surface area contributed by atoms with Crippen molar-refractivity contribution in [3.05, 3.63) is 29.0 Å². The third-order valence-corrected chi connectivity index (χ3v) is 5.66. The van der Waals surface area contributed by atoms with E-state index in [2.05, 4.69) is 18.8 Å². The van der Waals surface area contributed by atoms with Crippen LogP contribution in [0.1, 0.15) is 43.5 Å². The van der Waals surface area contributed by atoms with Crippen LogP contribution in [0.4, 0.5) is 0 Å². The maximum absolute atomic E-state index is 12.8. The Hall–Kier alpha value is -1.66. The number of quaternary nitrogens is 1. The van der Waals surface area contributed by atoms with Crippen LogP contribution in [0.3, 0.4) is 0 Å². The number of nitrogens with one attached hydrogen (secondary N) is 1. The van der Waals surface area contributed by atoms with Gasteiger partial charge in [-0.2, -0.15) is 0 Å². The summed E-state index contributed by atoms with van der Waals surface area (Å²) in [6.07, 6.45) is 3.20. The summed E-state index contributed by atoms with van der Waals surface area (Å²) < 4.78 is 0. The lowest BCUT2D eigenvalue weighted by atomic mass is 9.81. The van der Waals surface area contributed by atoms with Crippen molar-refractivity contribution in [3.63, 3.8) is 0 Å². The Bertz CT molecular complexity index is 622. The van der Waals surface area contributed by atoms with Gasteiger partial charge in [0.2, 0.25) is 0 Å². The lowest BCUT2D eigenvalue weighted by molar-refractivity contribution is -0.897.